The smallest absolute Gasteiger partial charge is 0.122 e. The van der Waals surface area contributed by atoms with Gasteiger partial charge >= 0.3 is 0 Å². The van der Waals surface area contributed by atoms with E-state index in [4.69, 9.17) is 4.74 Å². The first-order valence-electron chi connectivity index (χ1n) is 7.53. The molecule has 20 heavy (non-hydrogen) atoms. The number of piperidine rings is 1. The Morgan fingerprint density at radius 2 is 2.10 bits per heavy atom. The van der Waals surface area contributed by atoms with Crippen molar-refractivity contribution in [3.05, 3.63) is 23.3 Å². The number of hydrogen-bond acceptors (Lipinski definition) is 3. The summed E-state index contributed by atoms with van der Waals surface area (Å²) in [4.78, 5) is 0. The van der Waals surface area contributed by atoms with Crippen LogP contribution in [0.15, 0.2) is 12.1 Å². The maximum atomic E-state index is 10.6. The van der Waals surface area contributed by atoms with Gasteiger partial charge in [-0.1, -0.05) is 20.8 Å². The van der Waals surface area contributed by atoms with E-state index in [1.165, 1.54) is 12.8 Å². The van der Waals surface area contributed by atoms with E-state index in [0.29, 0.717) is 11.7 Å². The van der Waals surface area contributed by atoms with Crippen molar-refractivity contribution >= 4 is 0 Å². The van der Waals surface area contributed by atoms with Crippen LogP contribution < -0.4 is 10.1 Å². The maximum absolute atomic E-state index is 10.6. The van der Waals surface area contributed by atoms with Crippen LogP contribution in [0.25, 0.3) is 0 Å². The second kappa shape index (κ2) is 6.04. The third kappa shape index (κ3) is 3.45. The Balaban J connectivity index is 2.31. The number of phenols is 1. The highest BCUT2D eigenvalue weighted by Crippen LogP contribution is 2.38. The lowest BCUT2D eigenvalue weighted by atomic mass is 9.83. The quantitative estimate of drug-likeness (QED) is 0.891. The molecule has 1 aromatic rings. The molecule has 2 rings (SSSR count). The summed E-state index contributed by atoms with van der Waals surface area (Å²) in [6.07, 6.45) is 3.37. The lowest BCUT2D eigenvalue weighted by Gasteiger charge is -2.26. The second-order valence-electron chi connectivity index (χ2n) is 6.85. The molecule has 3 nitrogen and oxygen atoms in total. The zero-order chi connectivity index (χ0) is 14.8. The second-order valence-corrected chi connectivity index (χ2v) is 6.85. The van der Waals surface area contributed by atoms with Gasteiger partial charge < -0.3 is 15.2 Å². The van der Waals surface area contributed by atoms with E-state index in [2.05, 4.69) is 26.1 Å². The molecule has 3 heteroatoms. The molecule has 0 bridgehead atoms. The molecule has 0 saturated carbocycles. The molecule has 1 aliphatic rings. The van der Waals surface area contributed by atoms with Gasteiger partial charge in [0.25, 0.3) is 0 Å². The number of nitrogens with one attached hydrogen (secondary N) is 1. The van der Waals surface area contributed by atoms with E-state index >= 15 is 0 Å². The maximum Gasteiger partial charge on any atom is 0.122 e. The highest BCUT2D eigenvalue weighted by atomic mass is 16.5. The van der Waals surface area contributed by atoms with E-state index in [1.54, 1.807) is 7.11 Å². The number of aromatic hydroxyl groups is 1. The van der Waals surface area contributed by atoms with Crippen molar-refractivity contribution in [3.63, 3.8) is 0 Å². The van der Waals surface area contributed by atoms with Crippen LogP contribution in [-0.4, -0.2) is 25.3 Å². The third-order valence-electron chi connectivity index (χ3n) is 4.11. The average molecular weight is 277 g/mol. The van der Waals surface area contributed by atoms with Gasteiger partial charge in [0.05, 0.1) is 7.11 Å². The highest BCUT2D eigenvalue weighted by molar-refractivity contribution is 5.49. The molecular formula is C17H27NO2. The molecule has 1 fully saturated rings. The van der Waals surface area contributed by atoms with Crippen molar-refractivity contribution < 1.29 is 9.84 Å². The van der Waals surface area contributed by atoms with Crippen molar-refractivity contribution in [1.82, 2.24) is 5.32 Å². The minimum absolute atomic E-state index is 0.0851. The van der Waals surface area contributed by atoms with Gasteiger partial charge in [-0.2, -0.15) is 0 Å². The fraction of sp³-hybridized carbons (Fsp3) is 0.647. The molecule has 0 radical (unpaired) electrons. The van der Waals surface area contributed by atoms with Crippen LogP contribution in [0.4, 0.5) is 0 Å². The lowest BCUT2D eigenvalue weighted by molar-refractivity contribution is 0.364. The normalized spacial score (nSPS) is 19.9. The minimum atomic E-state index is -0.0851. The molecule has 1 saturated heterocycles. The Morgan fingerprint density at radius 1 is 1.35 bits per heavy atom. The van der Waals surface area contributed by atoms with Gasteiger partial charge in [0.15, 0.2) is 0 Å². The Kier molecular flexibility index (Phi) is 4.59. The predicted octanol–water partition coefficient (Wildman–Crippen LogP) is 3.24. The van der Waals surface area contributed by atoms with E-state index < -0.39 is 0 Å². The summed E-state index contributed by atoms with van der Waals surface area (Å²) < 4.78 is 5.41. The first-order chi connectivity index (χ1) is 9.41. The van der Waals surface area contributed by atoms with Crippen LogP contribution in [0.3, 0.4) is 0 Å². The largest absolute Gasteiger partial charge is 0.507 e. The summed E-state index contributed by atoms with van der Waals surface area (Å²) in [6, 6.07) is 3.94. The molecule has 0 amide bonds. The molecule has 0 spiro atoms. The van der Waals surface area contributed by atoms with Crippen molar-refractivity contribution in [3.8, 4) is 11.5 Å². The number of benzene rings is 1. The zero-order valence-corrected chi connectivity index (χ0v) is 13.1. The van der Waals surface area contributed by atoms with Crippen molar-refractivity contribution in [2.75, 3.05) is 20.2 Å². The molecule has 1 heterocycles. The summed E-state index contributed by atoms with van der Waals surface area (Å²) >= 11 is 0. The fourth-order valence-corrected chi connectivity index (χ4v) is 2.92. The number of phenolic OH excluding ortho intramolecular Hbond substituents is 1. The fourth-order valence-electron chi connectivity index (χ4n) is 2.92. The topological polar surface area (TPSA) is 41.5 Å². The van der Waals surface area contributed by atoms with E-state index in [-0.39, 0.29) is 5.41 Å². The van der Waals surface area contributed by atoms with Crippen LogP contribution in [-0.2, 0) is 11.8 Å². The molecule has 0 aliphatic carbocycles. The number of hydrogen-bond donors (Lipinski definition) is 2. The summed E-state index contributed by atoms with van der Waals surface area (Å²) in [6.45, 7) is 8.52. The van der Waals surface area contributed by atoms with Crippen molar-refractivity contribution in [1.29, 1.82) is 0 Å². The molecule has 112 valence electrons. The number of methoxy groups -OCH3 is 1. The standard InChI is InChI=1S/C17H27NO2/c1-17(2,3)15-10-14(20-4)9-13(16(15)19)8-12-6-5-7-18-11-12/h9-10,12,18-19H,5-8,11H2,1-4H3. The Morgan fingerprint density at radius 3 is 2.65 bits per heavy atom. The zero-order valence-electron chi connectivity index (χ0n) is 13.1. The average Bonchev–Trinajstić information content (AvgIpc) is 2.41. The summed E-state index contributed by atoms with van der Waals surface area (Å²) in [7, 11) is 1.69. The Labute approximate surface area is 122 Å². The van der Waals surface area contributed by atoms with Gasteiger partial charge in [-0.25, -0.2) is 0 Å². The first kappa shape index (κ1) is 15.2. The molecule has 1 aliphatic heterocycles. The van der Waals surface area contributed by atoms with Gasteiger partial charge in [0.1, 0.15) is 11.5 Å². The van der Waals surface area contributed by atoms with Gasteiger partial charge in [-0.15, -0.1) is 0 Å². The van der Waals surface area contributed by atoms with Crippen molar-refractivity contribution in [2.45, 2.75) is 45.4 Å². The van der Waals surface area contributed by atoms with Crippen LogP contribution in [0.1, 0.15) is 44.7 Å². The van der Waals surface area contributed by atoms with Crippen LogP contribution in [0, 0.1) is 5.92 Å². The predicted molar refractivity (Wildman–Crippen MR) is 82.7 cm³/mol. The lowest BCUT2D eigenvalue weighted by Crippen LogP contribution is -2.31. The van der Waals surface area contributed by atoms with Crippen LogP contribution in [0.5, 0.6) is 11.5 Å². The molecule has 2 N–H and O–H groups in total. The SMILES string of the molecule is COc1cc(CC2CCCNC2)c(O)c(C(C)(C)C)c1. The highest BCUT2D eigenvalue weighted by Gasteiger charge is 2.23. The molecule has 1 atom stereocenters. The summed E-state index contributed by atoms with van der Waals surface area (Å²) in [5.41, 5.74) is 1.90. The summed E-state index contributed by atoms with van der Waals surface area (Å²) in [5, 5.41) is 14.0. The third-order valence-corrected chi connectivity index (χ3v) is 4.11. The van der Waals surface area contributed by atoms with Crippen LogP contribution in [0.2, 0.25) is 0 Å². The van der Waals surface area contributed by atoms with Gasteiger partial charge in [-0.05, 0) is 61.4 Å². The van der Waals surface area contributed by atoms with Crippen molar-refractivity contribution in [2.24, 2.45) is 5.92 Å². The Hall–Kier alpha value is -1.22. The minimum Gasteiger partial charge on any atom is -0.507 e. The van der Waals surface area contributed by atoms with Gasteiger partial charge in [-0.3, -0.25) is 0 Å². The summed E-state index contributed by atoms with van der Waals surface area (Å²) in [5.74, 6) is 1.89. The van der Waals surface area contributed by atoms with Gasteiger partial charge in [0.2, 0.25) is 0 Å². The monoisotopic (exact) mass is 277 g/mol. The first-order valence-corrected chi connectivity index (χ1v) is 7.53. The number of rotatable bonds is 3. The number of ether oxygens (including phenoxy) is 1. The molecule has 1 unspecified atom stereocenters. The Bertz CT molecular complexity index is 457. The van der Waals surface area contributed by atoms with E-state index in [1.807, 2.05) is 12.1 Å². The van der Waals surface area contributed by atoms with E-state index in [0.717, 1.165) is 36.4 Å². The van der Waals surface area contributed by atoms with Gasteiger partial charge in [0, 0.05) is 5.56 Å². The molecule has 1 aromatic carbocycles. The molecule has 0 aromatic heterocycles. The molecular weight excluding hydrogens is 250 g/mol. The van der Waals surface area contributed by atoms with E-state index in [9.17, 15) is 5.11 Å². The van der Waals surface area contributed by atoms with Crippen LogP contribution >= 0.6 is 0 Å².